The van der Waals surface area contributed by atoms with Gasteiger partial charge >= 0.3 is 0 Å². The van der Waals surface area contributed by atoms with Crippen LogP contribution in [0.5, 0.6) is 0 Å². The minimum Gasteiger partial charge on any atom is -0.383 e. The van der Waals surface area contributed by atoms with Crippen LogP contribution >= 0.6 is 12.4 Å². The average Bonchev–Trinajstić information content (AvgIpc) is 2.61. The van der Waals surface area contributed by atoms with Crippen LogP contribution in [0.2, 0.25) is 0 Å². The van der Waals surface area contributed by atoms with Gasteiger partial charge in [-0.25, -0.2) is 0 Å². The van der Waals surface area contributed by atoms with Gasteiger partial charge in [-0.05, 0) is 60.3 Å². The molecule has 1 fully saturated rings. The van der Waals surface area contributed by atoms with E-state index in [0.29, 0.717) is 24.6 Å². The third-order valence-corrected chi connectivity index (χ3v) is 4.55. The van der Waals surface area contributed by atoms with Gasteiger partial charge in [0.15, 0.2) is 0 Å². The first kappa shape index (κ1) is 18.7. The summed E-state index contributed by atoms with van der Waals surface area (Å²) in [5.74, 6) is 0.567. The first-order valence-electron chi connectivity index (χ1n) is 8.30. The molecule has 0 atom stereocenters. The highest BCUT2D eigenvalue weighted by Gasteiger charge is 2.17. The Morgan fingerprint density at radius 2 is 2.04 bits per heavy atom. The van der Waals surface area contributed by atoms with Crippen molar-refractivity contribution in [1.82, 2.24) is 10.6 Å². The van der Waals surface area contributed by atoms with E-state index >= 15 is 0 Å². The number of hydrogen-bond acceptors (Lipinski definition) is 3. The Balaban J connectivity index is 0.00000208. The highest BCUT2D eigenvalue weighted by molar-refractivity contribution is 5.99. The van der Waals surface area contributed by atoms with Gasteiger partial charge in [0.25, 0.3) is 5.91 Å². The van der Waals surface area contributed by atoms with Crippen molar-refractivity contribution in [1.29, 1.82) is 0 Å². The zero-order valence-corrected chi connectivity index (χ0v) is 14.8. The molecule has 1 aliphatic heterocycles. The molecule has 4 nitrogen and oxygen atoms in total. The summed E-state index contributed by atoms with van der Waals surface area (Å²) in [6, 6.07) is 12.4. The molecule has 130 valence electrons. The lowest BCUT2D eigenvalue weighted by atomic mass is 9.86. The number of halogens is 1. The van der Waals surface area contributed by atoms with E-state index in [1.807, 2.05) is 12.1 Å². The zero-order valence-electron chi connectivity index (χ0n) is 14.0. The third-order valence-electron chi connectivity index (χ3n) is 4.55. The maximum absolute atomic E-state index is 12.2. The highest BCUT2D eigenvalue weighted by atomic mass is 35.5. The molecule has 1 heterocycles. The number of fused-ring (bicyclic) bond motifs is 1. The van der Waals surface area contributed by atoms with Crippen LogP contribution in [0.25, 0.3) is 10.8 Å². The Bertz CT molecular complexity index is 684. The van der Waals surface area contributed by atoms with Crippen molar-refractivity contribution in [2.45, 2.75) is 18.8 Å². The summed E-state index contributed by atoms with van der Waals surface area (Å²) in [4.78, 5) is 12.2. The summed E-state index contributed by atoms with van der Waals surface area (Å²) < 4.78 is 4.96. The van der Waals surface area contributed by atoms with Gasteiger partial charge in [-0.2, -0.15) is 0 Å². The molecule has 2 aromatic carbocycles. The minimum atomic E-state index is -0.0452. The number of benzene rings is 2. The van der Waals surface area contributed by atoms with E-state index < -0.39 is 0 Å². The second kappa shape index (κ2) is 9.02. The Kier molecular flexibility index (Phi) is 7.03. The van der Waals surface area contributed by atoms with Gasteiger partial charge in [-0.1, -0.05) is 24.3 Å². The topological polar surface area (TPSA) is 50.4 Å². The number of piperidine rings is 1. The molecule has 5 heteroatoms. The number of nitrogens with one attached hydrogen (secondary N) is 2. The zero-order chi connectivity index (χ0) is 16.1. The molecule has 2 N–H and O–H groups in total. The maximum Gasteiger partial charge on any atom is 0.251 e. The van der Waals surface area contributed by atoms with Crippen LogP contribution in [0, 0.1) is 0 Å². The van der Waals surface area contributed by atoms with Crippen molar-refractivity contribution in [2.24, 2.45) is 0 Å². The standard InChI is InChI=1S/C19H24N2O2.ClH/c1-23-12-11-21-19(22)16-5-6-18-15(13-16)3-2-4-17(18)14-7-9-20-10-8-14;/h2-6,13-14,20H,7-12H2,1H3,(H,21,22);1H. The Hall–Kier alpha value is -1.62. The highest BCUT2D eigenvalue weighted by Crippen LogP contribution is 2.31. The van der Waals surface area contributed by atoms with E-state index in [2.05, 4.69) is 34.9 Å². The van der Waals surface area contributed by atoms with E-state index in [1.54, 1.807) is 7.11 Å². The predicted molar refractivity (Wildman–Crippen MR) is 100 cm³/mol. The lowest BCUT2D eigenvalue weighted by Gasteiger charge is -2.24. The van der Waals surface area contributed by atoms with Crippen molar-refractivity contribution in [3.05, 3.63) is 47.5 Å². The lowest BCUT2D eigenvalue weighted by molar-refractivity contribution is 0.0937. The smallest absolute Gasteiger partial charge is 0.251 e. The molecule has 0 unspecified atom stereocenters. The summed E-state index contributed by atoms with van der Waals surface area (Å²) in [5.41, 5.74) is 2.12. The maximum atomic E-state index is 12.2. The Morgan fingerprint density at radius 3 is 2.79 bits per heavy atom. The average molecular weight is 349 g/mol. The number of carbonyl (C=O) groups is 1. The molecule has 0 bridgehead atoms. The number of carbonyl (C=O) groups excluding carboxylic acids is 1. The van der Waals surface area contributed by atoms with Gasteiger partial charge in [0.2, 0.25) is 0 Å². The summed E-state index contributed by atoms with van der Waals surface area (Å²) in [7, 11) is 1.63. The first-order chi connectivity index (χ1) is 11.3. The fraction of sp³-hybridized carbons (Fsp3) is 0.421. The number of rotatable bonds is 5. The summed E-state index contributed by atoms with van der Waals surface area (Å²) in [6.45, 7) is 3.23. The molecule has 2 aromatic rings. The van der Waals surface area contributed by atoms with Crippen LogP contribution in [0.3, 0.4) is 0 Å². The quantitative estimate of drug-likeness (QED) is 0.816. The molecule has 1 amide bonds. The van der Waals surface area contributed by atoms with Crippen LogP contribution in [-0.2, 0) is 4.74 Å². The van der Waals surface area contributed by atoms with E-state index in [4.69, 9.17) is 4.74 Å². The number of ether oxygens (including phenoxy) is 1. The molecular formula is C19H25ClN2O2. The molecule has 0 spiro atoms. The van der Waals surface area contributed by atoms with Gasteiger partial charge in [-0.3, -0.25) is 4.79 Å². The minimum absolute atomic E-state index is 0. The van der Waals surface area contributed by atoms with Crippen molar-refractivity contribution < 1.29 is 9.53 Å². The Labute approximate surface area is 149 Å². The van der Waals surface area contributed by atoms with Crippen LogP contribution in [0.4, 0.5) is 0 Å². The molecule has 0 radical (unpaired) electrons. The van der Waals surface area contributed by atoms with Crippen LogP contribution in [-0.4, -0.2) is 39.3 Å². The van der Waals surface area contributed by atoms with Crippen LogP contribution in [0.15, 0.2) is 36.4 Å². The molecule has 0 saturated carbocycles. The normalized spacial score (nSPS) is 15.0. The lowest BCUT2D eigenvalue weighted by Crippen LogP contribution is -2.27. The van der Waals surface area contributed by atoms with E-state index in [-0.39, 0.29) is 18.3 Å². The largest absolute Gasteiger partial charge is 0.383 e. The second-order valence-corrected chi connectivity index (χ2v) is 6.06. The van der Waals surface area contributed by atoms with Crippen molar-refractivity contribution in [3.63, 3.8) is 0 Å². The monoisotopic (exact) mass is 348 g/mol. The molecule has 0 aromatic heterocycles. The molecular weight excluding hydrogens is 324 g/mol. The van der Waals surface area contributed by atoms with E-state index in [9.17, 15) is 4.79 Å². The van der Waals surface area contributed by atoms with E-state index in [0.717, 1.165) is 18.5 Å². The van der Waals surface area contributed by atoms with Crippen molar-refractivity contribution in [2.75, 3.05) is 33.4 Å². The molecule has 24 heavy (non-hydrogen) atoms. The van der Waals surface area contributed by atoms with Crippen LogP contribution in [0.1, 0.15) is 34.7 Å². The summed E-state index contributed by atoms with van der Waals surface area (Å²) >= 11 is 0. The first-order valence-corrected chi connectivity index (χ1v) is 8.30. The molecule has 3 rings (SSSR count). The molecule has 1 saturated heterocycles. The fourth-order valence-corrected chi connectivity index (χ4v) is 3.31. The van der Waals surface area contributed by atoms with Gasteiger partial charge in [0.05, 0.1) is 6.61 Å². The number of hydrogen-bond donors (Lipinski definition) is 2. The van der Waals surface area contributed by atoms with Gasteiger partial charge in [-0.15, -0.1) is 12.4 Å². The third kappa shape index (κ3) is 4.26. The Morgan fingerprint density at radius 1 is 1.25 bits per heavy atom. The van der Waals surface area contributed by atoms with Gasteiger partial charge in [0.1, 0.15) is 0 Å². The number of methoxy groups -OCH3 is 1. The van der Waals surface area contributed by atoms with Crippen molar-refractivity contribution in [3.8, 4) is 0 Å². The second-order valence-electron chi connectivity index (χ2n) is 6.06. The van der Waals surface area contributed by atoms with Crippen molar-refractivity contribution >= 4 is 29.1 Å². The molecule has 0 aliphatic carbocycles. The molecule has 1 aliphatic rings. The number of amides is 1. The summed E-state index contributed by atoms with van der Waals surface area (Å²) in [5, 5.41) is 8.70. The van der Waals surface area contributed by atoms with Gasteiger partial charge < -0.3 is 15.4 Å². The van der Waals surface area contributed by atoms with Gasteiger partial charge in [0, 0.05) is 19.2 Å². The van der Waals surface area contributed by atoms with Crippen LogP contribution < -0.4 is 10.6 Å². The summed E-state index contributed by atoms with van der Waals surface area (Å²) in [6.07, 6.45) is 2.36. The predicted octanol–water partition coefficient (Wildman–Crippen LogP) is 3.10. The SMILES string of the molecule is COCCNC(=O)c1ccc2c(C3CCNCC3)cccc2c1.Cl. The van der Waals surface area contributed by atoms with E-state index in [1.165, 1.54) is 23.8 Å². The fourth-order valence-electron chi connectivity index (χ4n) is 3.31.